The van der Waals surface area contributed by atoms with E-state index in [9.17, 15) is 0 Å². The van der Waals surface area contributed by atoms with Crippen LogP contribution in [0, 0.1) is 0 Å². The molecule has 0 aliphatic carbocycles. The highest BCUT2D eigenvalue weighted by Crippen LogP contribution is 2.13. The zero-order valence-corrected chi connectivity index (χ0v) is 10.4. The summed E-state index contributed by atoms with van der Waals surface area (Å²) in [5.41, 5.74) is 0. The average molecular weight is 273 g/mol. The Balaban J connectivity index is 1.71. The van der Waals surface area contributed by atoms with Gasteiger partial charge in [-0.3, -0.25) is 4.90 Å². The van der Waals surface area contributed by atoms with Crippen LogP contribution in [0.15, 0.2) is 22.8 Å². The van der Waals surface area contributed by atoms with Crippen LogP contribution in [-0.4, -0.2) is 55.7 Å². The number of nitrogens with zero attached hydrogens (tertiary/aromatic N) is 2. The molecule has 2 aliphatic rings. The predicted octanol–water partition coefficient (Wildman–Crippen LogP) is 1.43. The van der Waals surface area contributed by atoms with E-state index >= 15 is 0 Å². The molecule has 0 spiro atoms. The summed E-state index contributed by atoms with van der Waals surface area (Å²) in [6.45, 7) is 7.19. The van der Waals surface area contributed by atoms with Crippen LogP contribution in [-0.2, 0) is 4.74 Å². The third-order valence-electron chi connectivity index (χ3n) is 2.73. The Morgan fingerprint density at radius 3 is 2.80 bits per heavy atom. The Hall–Kier alpha value is -0.320. The fourth-order valence-corrected chi connectivity index (χ4v) is 2.30. The Labute approximate surface area is 99.5 Å². The van der Waals surface area contributed by atoms with Gasteiger partial charge in [-0.25, -0.2) is 0 Å². The van der Waals surface area contributed by atoms with Crippen LogP contribution in [0.2, 0.25) is 0 Å². The molecule has 15 heavy (non-hydrogen) atoms. The molecule has 0 saturated carbocycles. The Morgan fingerprint density at radius 1 is 1.27 bits per heavy atom. The molecule has 84 valence electrons. The van der Waals surface area contributed by atoms with E-state index in [1.54, 1.807) is 0 Å². The molecule has 0 N–H and O–H groups in total. The van der Waals surface area contributed by atoms with Crippen molar-refractivity contribution in [3.8, 4) is 0 Å². The first-order chi connectivity index (χ1) is 7.34. The van der Waals surface area contributed by atoms with E-state index in [0.29, 0.717) is 0 Å². The highest BCUT2D eigenvalue weighted by Gasteiger charge is 2.11. The van der Waals surface area contributed by atoms with Gasteiger partial charge in [0.2, 0.25) is 0 Å². The van der Waals surface area contributed by atoms with Gasteiger partial charge in [-0.1, -0.05) is 6.08 Å². The maximum atomic E-state index is 5.32. The summed E-state index contributed by atoms with van der Waals surface area (Å²) in [6, 6.07) is 0. The Kier molecular flexibility index (Phi) is 4.23. The van der Waals surface area contributed by atoms with E-state index < -0.39 is 0 Å². The third kappa shape index (κ3) is 3.63. The number of halogens is 1. The molecule has 2 aliphatic heterocycles. The minimum atomic E-state index is 0.888. The van der Waals surface area contributed by atoms with Gasteiger partial charge in [-0.05, 0) is 22.0 Å². The largest absolute Gasteiger partial charge is 0.379 e. The van der Waals surface area contributed by atoms with Crippen LogP contribution in [0.3, 0.4) is 0 Å². The van der Waals surface area contributed by atoms with Crippen LogP contribution < -0.4 is 0 Å². The lowest BCUT2D eigenvalue weighted by Gasteiger charge is -2.29. The highest BCUT2D eigenvalue weighted by molar-refractivity contribution is 9.11. The zero-order chi connectivity index (χ0) is 10.5. The summed E-state index contributed by atoms with van der Waals surface area (Å²) in [4.78, 5) is 4.79. The highest BCUT2D eigenvalue weighted by atomic mass is 79.9. The molecule has 0 atom stereocenters. The molecule has 0 radical (unpaired) electrons. The standard InChI is InChI=1S/C11H17BrN2O/c12-11-2-1-3-14(10-11)5-4-13-6-8-15-9-7-13/h1-2,10H,3-9H2. The third-order valence-corrected chi connectivity index (χ3v) is 3.20. The zero-order valence-electron chi connectivity index (χ0n) is 8.86. The first-order valence-electron chi connectivity index (χ1n) is 5.42. The van der Waals surface area contributed by atoms with Crippen molar-refractivity contribution in [3.05, 3.63) is 22.8 Å². The lowest BCUT2D eigenvalue weighted by Crippen LogP contribution is -2.40. The average Bonchev–Trinajstić information content (AvgIpc) is 2.28. The number of hydrogen-bond acceptors (Lipinski definition) is 3. The van der Waals surface area contributed by atoms with E-state index in [1.807, 2.05) is 0 Å². The molecular weight excluding hydrogens is 256 g/mol. The monoisotopic (exact) mass is 272 g/mol. The molecule has 1 saturated heterocycles. The normalized spacial score (nSPS) is 23.0. The van der Waals surface area contributed by atoms with Crippen LogP contribution >= 0.6 is 15.9 Å². The van der Waals surface area contributed by atoms with Gasteiger partial charge >= 0.3 is 0 Å². The smallest absolute Gasteiger partial charge is 0.0594 e. The molecular formula is C11H17BrN2O. The van der Waals surface area contributed by atoms with E-state index in [0.717, 1.165) is 50.4 Å². The van der Waals surface area contributed by atoms with Gasteiger partial charge in [0, 0.05) is 43.4 Å². The molecule has 0 amide bonds. The van der Waals surface area contributed by atoms with Gasteiger partial charge < -0.3 is 9.64 Å². The van der Waals surface area contributed by atoms with Crippen LogP contribution in [0.1, 0.15) is 0 Å². The maximum absolute atomic E-state index is 5.32. The van der Waals surface area contributed by atoms with Crippen molar-refractivity contribution in [2.75, 3.05) is 45.9 Å². The second-order valence-corrected chi connectivity index (χ2v) is 4.78. The molecule has 0 aromatic rings. The topological polar surface area (TPSA) is 15.7 Å². The van der Waals surface area contributed by atoms with Crippen molar-refractivity contribution >= 4 is 15.9 Å². The maximum Gasteiger partial charge on any atom is 0.0594 e. The van der Waals surface area contributed by atoms with Crippen molar-refractivity contribution < 1.29 is 4.74 Å². The Morgan fingerprint density at radius 2 is 2.07 bits per heavy atom. The van der Waals surface area contributed by atoms with Gasteiger partial charge in [0.05, 0.1) is 13.2 Å². The second-order valence-electron chi connectivity index (χ2n) is 3.87. The molecule has 2 heterocycles. The van der Waals surface area contributed by atoms with Crippen LogP contribution in [0.25, 0.3) is 0 Å². The van der Waals surface area contributed by atoms with Crippen LogP contribution in [0.5, 0.6) is 0 Å². The van der Waals surface area contributed by atoms with Gasteiger partial charge in [0.15, 0.2) is 0 Å². The lowest BCUT2D eigenvalue weighted by atomic mass is 10.3. The molecule has 0 unspecified atom stereocenters. The lowest BCUT2D eigenvalue weighted by molar-refractivity contribution is 0.0355. The van der Waals surface area contributed by atoms with Crippen molar-refractivity contribution in [3.63, 3.8) is 0 Å². The number of morpholine rings is 1. The van der Waals surface area contributed by atoms with Gasteiger partial charge in [-0.2, -0.15) is 0 Å². The molecule has 0 bridgehead atoms. The molecule has 3 nitrogen and oxygen atoms in total. The quantitative estimate of drug-likeness (QED) is 0.773. The summed E-state index contributed by atoms with van der Waals surface area (Å²) < 4.78 is 6.49. The minimum Gasteiger partial charge on any atom is -0.379 e. The second kappa shape index (κ2) is 5.68. The van der Waals surface area contributed by atoms with Gasteiger partial charge in [0.25, 0.3) is 0 Å². The van der Waals surface area contributed by atoms with E-state index in [1.165, 1.54) is 0 Å². The van der Waals surface area contributed by atoms with Crippen molar-refractivity contribution in [1.82, 2.24) is 9.80 Å². The van der Waals surface area contributed by atoms with E-state index in [-0.39, 0.29) is 0 Å². The fraction of sp³-hybridized carbons (Fsp3) is 0.636. The number of rotatable bonds is 3. The molecule has 2 rings (SSSR count). The van der Waals surface area contributed by atoms with Gasteiger partial charge in [0.1, 0.15) is 0 Å². The first-order valence-corrected chi connectivity index (χ1v) is 6.22. The van der Waals surface area contributed by atoms with Crippen LogP contribution in [0.4, 0.5) is 0 Å². The first kappa shape index (κ1) is 11.2. The molecule has 0 aromatic heterocycles. The number of allylic oxidation sites excluding steroid dienone is 2. The van der Waals surface area contributed by atoms with Crippen molar-refractivity contribution in [2.45, 2.75) is 0 Å². The van der Waals surface area contributed by atoms with E-state index in [2.05, 4.69) is 44.1 Å². The SMILES string of the molecule is BrC1=CN(CCN2CCOCC2)CC=C1. The predicted molar refractivity (Wildman–Crippen MR) is 65.0 cm³/mol. The minimum absolute atomic E-state index is 0.888. The summed E-state index contributed by atoms with van der Waals surface area (Å²) >= 11 is 3.49. The molecule has 4 heteroatoms. The van der Waals surface area contributed by atoms with Crippen molar-refractivity contribution in [2.24, 2.45) is 0 Å². The summed E-state index contributed by atoms with van der Waals surface area (Å²) in [5, 5.41) is 0. The summed E-state index contributed by atoms with van der Waals surface area (Å²) in [7, 11) is 0. The molecule has 0 aromatic carbocycles. The fourth-order valence-electron chi connectivity index (χ4n) is 1.82. The van der Waals surface area contributed by atoms with E-state index in [4.69, 9.17) is 4.74 Å². The molecule has 1 fully saturated rings. The number of ether oxygens (including phenoxy) is 1. The van der Waals surface area contributed by atoms with Crippen molar-refractivity contribution in [1.29, 1.82) is 0 Å². The number of hydrogen-bond donors (Lipinski definition) is 0. The Bertz CT molecular complexity index is 259. The summed E-state index contributed by atoms with van der Waals surface area (Å²) in [6.07, 6.45) is 6.45. The van der Waals surface area contributed by atoms with Gasteiger partial charge in [-0.15, -0.1) is 0 Å². The summed E-state index contributed by atoms with van der Waals surface area (Å²) in [5.74, 6) is 0.